The van der Waals surface area contributed by atoms with Gasteiger partial charge in [0.1, 0.15) is 11.6 Å². The number of hydrogen-bond donors (Lipinski definition) is 3. The molecular weight excluding hydrogens is 492 g/mol. The number of carbonyl (C=O) groups is 2. The van der Waals surface area contributed by atoms with Crippen LogP contribution in [0.4, 0.5) is 14.5 Å². The van der Waals surface area contributed by atoms with Crippen molar-refractivity contribution >= 4 is 17.5 Å². The minimum absolute atomic E-state index is 0.0541. The van der Waals surface area contributed by atoms with Gasteiger partial charge in [-0.3, -0.25) is 9.59 Å². The number of anilines is 1. The van der Waals surface area contributed by atoms with Crippen LogP contribution in [0.3, 0.4) is 0 Å². The SMILES string of the molecule is CCCN(CCC)C(=O)c1cc(C)cc(C(=O)NC(C)C(O)COCC(C)C)c1.Nc1cc(F)cc(F)c1. The van der Waals surface area contributed by atoms with E-state index in [1.165, 1.54) is 0 Å². The highest BCUT2D eigenvalue weighted by Crippen LogP contribution is 2.14. The zero-order valence-electron chi connectivity index (χ0n) is 23.4. The van der Waals surface area contributed by atoms with Gasteiger partial charge in [0.05, 0.1) is 18.8 Å². The van der Waals surface area contributed by atoms with Gasteiger partial charge >= 0.3 is 0 Å². The Morgan fingerprint density at radius 1 is 0.947 bits per heavy atom. The molecule has 2 aromatic carbocycles. The smallest absolute Gasteiger partial charge is 0.253 e. The van der Waals surface area contributed by atoms with Gasteiger partial charge in [-0.2, -0.15) is 0 Å². The van der Waals surface area contributed by atoms with Crippen molar-refractivity contribution in [2.75, 3.05) is 32.0 Å². The van der Waals surface area contributed by atoms with Gasteiger partial charge in [0.15, 0.2) is 0 Å². The van der Waals surface area contributed by atoms with Gasteiger partial charge in [0.25, 0.3) is 11.8 Å². The first-order chi connectivity index (χ1) is 17.9. The van der Waals surface area contributed by atoms with Crippen molar-refractivity contribution in [1.82, 2.24) is 10.2 Å². The molecule has 0 aliphatic carbocycles. The molecule has 0 saturated carbocycles. The van der Waals surface area contributed by atoms with Crippen LogP contribution in [0.5, 0.6) is 0 Å². The minimum atomic E-state index is -0.798. The van der Waals surface area contributed by atoms with E-state index < -0.39 is 23.8 Å². The van der Waals surface area contributed by atoms with Crippen LogP contribution >= 0.6 is 0 Å². The molecule has 0 aliphatic heterocycles. The van der Waals surface area contributed by atoms with Crippen molar-refractivity contribution in [3.05, 3.63) is 64.7 Å². The summed E-state index contributed by atoms with van der Waals surface area (Å²) in [7, 11) is 0. The van der Waals surface area contributed by atoms with Gasteiger partial charge in [0.2, 0.25) is 0 Å². The third kappa shape index (κ3) is 12.0. The van der Waals surface area contributed by atoms with Gasteiger partial charge < -0.3 is 25.8 Å². The maximum absolute atomic E-state index is 12.9. The zero-order chi connectivity index (χ0) is 28.8. The highest BCUT2D eigenvalue weighted by molar-refractivity contribution is 6.00. The molecule has 2 amide bonds. The first-order valence-electron chi connectivity index (χ1n) is 13.1. The summed E-state index contributed by atoms with van der Waals surface area (Å²) >= 11 is 0. The molecule has 38 heavy (non-hydrogen) atoms. The predicted molar refractivity (Wildman–Crippen MR) is 147 cm³/mol. The number of carbonyl (C=O) groups excluding carboxylic acids is 2. The number of nitrogens with two attached hydrogens (primary N) is 1. The van der Waals surface area contributed by atoms with E-state index in [-0.39, 0.29) is 24.1 Å². The molecule has 212 valence electrons. The van der Waals surface area contributed by atoms with Crippen molar-refractivity contribution in [3.63, 3.8) is 0 Å². The van der Waals surface area contributed by atoms with Crippen LogP contribution in [0.25, 0.3) is 0 Å². The van der Waals surface area contributed by atoms with Crippen LogP contribution in [0.2, 0.25) is 0 Å². The Kier molecular flexibility index (Phi) is 14.5. The number of rotatable bonds is 12. The Balaban J connectivity index is 0.000000671. The quantitative estimate of drug-likeness (QED) is 0.334. The van der Waals surface area contributed by atoms with E-state index in [2.05, 4.69) is 5.32 Å². The fourth-order valence-electron chi connectivity index (χ4n) is 3.61. The molecule has 0 fully saturated rings. The van der Waals surface area contributed by atoms with E-state index in [0.29, 0.717) is 36.7 Å². The molecule has 0 aromatic heterocycles. The predicted octanol–water partition coefficient (Wildman–Crippen LogP) is 4.96. The Bertz CT molecular complexity index is 976. The topological polar surface area (TPSA) is 105 Å². The van der Waals surface area contributed by atoms with Crippen LogP contribution < -0.4 is 11.1 Å². The Hall–Kier alpha value is -3.04. The van der Waals surface area contributed by atoms with Crippen molar-refractivity contribution in [2.45, 2.75) is 66.5 Å². The lowest BCUT2D eigenvalue weighted by Gasteiger charge is -2.23. The van der Waals surface area contributed by atoms with E-state index in [1.54, 1.807) is 19.1 Å². The van der Waals surface area contributed by atoms with E-state index >= 15 is 0 Å². The van der Waals surface area contributed by atoms with Crippen LogP contribution in [-0.2, 0) is 4.74 Å². The lowest BCUT2D eigenvalue weighted by molar-refractivity contribution is 0.0107. The zero-order valence-corrected chi connectivity index (χ0v) is 23.4. The van der Waals surface area contributed by atoms with Crippen molar-refractivity contribution in [1.29, 1.82) is 0 Å². The standard InChI is InChI=1S/C23H38N2O4.C6H5F2N/c1-7-9-25(10-8-2)23(28)20-12-17(5)11-19(13-20)22(27)24-18(6)21(26)15-29-14-16(3)4;7-4-1-5(8)3-6(9)2-4/h11-13,16,18,21,26H,7-10,14-15H2,1-6H3,(H,24,27);1-3H,9H2. The number of aliphatic hydroxyl groups excluding tert-OH is 1. The number of ether oxygens (including phenoxy) is 1. The molecule has 2 unspecified atom stereocenters. The molecule has 2 atom stereocenters. The second-order valence-corrected chi connectivity index (χ2v) is 9.84. The lowest BCUT2D eigenvalue weighted by atomic mass is 10.0. The molecule has 0 heterocycles. The molecule has 9 heteroatoms. The molecule has 4 N–H and O–H groups in total. The fourth-order valence-corrected chi connectivity index (χ4v) is 3.61. The first-order valence-corrected chi connectivity index (χ1v) is 13.1. The van der Waals surface area contributed by atoms with Gasteiger partial charge in [-0.25, -0.2) is 8.78 Å². The first kappa shape index (κ1) is 33.0. The highest BCUT2D eigenvalue weighted by Gasteiger charge is 2.20. The minimum Gasteiger partial charge on any atom is -0.399 e. The third-order valence-electron chi connectivity index (χ3n) is 5.42. The third-order valence-corrected chi connectivity index (χ3v) is 5.42. The van der Waals surface area contributed by atoms with E-state index in [9.17, 15) is 23.5 Å². The maximum atomic E-state index is 12.9. The number of aliphatic hydroxyl groups is 1. The Morgan fingerprint density at radius 2 is 1.50 bits per heavy atom. The summed E-state index contributed by atoms with van der Waals surface area (Å²) in [6, 6.07) is 7.63. The van der Waals surface area contributed by atoms with Gasteiger partial charge in [0, 0.05) is 42.6 Å². The highest BCUT2D eigenvalue weighted by atomic mass is 19.1. The molecule has 0 saturated heterocycles. The van der Waals surface area contributed by atoms with Crippen LogP contribution in [0, 0.1) is 24.5 Å². The number of benzene rings is 2. The maximum Gasteiger partial charge on any atom is 0.253 e. The summed E-state index contributed by atoms with van der Waals surface area (Å²) in [6.07, 6.45) is 0.978. The summed E-state index contributed by atoms with van der Waals surface area (Å²) in [5, 5.41) is 13.0. The second kappa shape index (κ2) is 16.7. The van der Waals surface area contributed by atoms with Crippen molar-refractivity contribution in [3.8, 4) is 0 Å². The van der Waals surface area contributed by atoms with Crippen molar-refractivity contribution < 1.29 is 28.2 Å². The molecule has 0 radical (unpaired) electrons. The van der Waals surface area contributed by atoms with Gasteiger partial charge in [-0.05, 0) is 68.5 Å². The summed E-state index contributed by atoms with van der Waals surface area (Å²) in [4.78, 5) is 27.4. The van der Waals surface area contributed by atoms with Crippen molar-refractivity contribution in [2.24, 2.45) is 5.92 Å². The Labute approximate surface area is 225 Å². The molecule has 0 spiro atoms. The monoisotopic (exact) mass is 535 g/mol. The molecular formula is C29H43F2N3O4. The van der Waals surface area contributed by atoms with Crippen LogP contribution in [-0.4, -0.2) is 60.3 Å². The van der Waals surface area contributed by atoms with Gasteiger partial charge in [-0.1, -0.05) is 27.7 Å². The van der Waals surface area contributed by atoms with E-state index in [0.717, 1.165) is 36.6 Å². The van der Waals surface area contributed by atoms with Gasteiger partial charge in [-0.15, -0.1) is 0 Å². The largest absolute Gasteiger partial charge is 0.399 e. The number of nitrogen functional groups attached to an aromatic ring is 1. The summed E-state index contributed by atoms with van der Waals surface area (Å²) < 4.78 is 29.7. The van der Waals surface area contributed by atoms with Crippen LogP contribution in [0.15, 0.2) is 36.4 Å². The summed E-state index contributed by atoms with van der Waals surface area (Å²) in [5.74, 6) is -1.27. The normalized spacial score (nSPS) is 12.4. The summed E-state index contributed by atoms with van der Waals surface area (Å²) in [6.45, 7) is 13.9. The fraction of sp³-hybridized carbons (Fsp3) is 0.517. The number of nitrogens with zero attached hydrogens (tertiary/aromatic N) is 1. The number of nitrogens with one attached hydrogen (secondary N) is 1. The average molecular weight is 536 g/mol. The molecule has 2 aromatic rings. The van der Waals surface area contributed by atoms with E-state index in [4.69, 9.17) is 10.5 Å². The molecule has 0 bridgehead atoms. The Morgan fingerprint density at radius 3 is 2.00 bits per heavy atom. The summed E-state index contributed by atoms with van der Waals surface area (Å²) in [5.41, 5.74) is 6.97. The van der Waals surface area contributed by atoms with E-state index in [1.807, 2.05) is 45.6 Å². The lowest BCUT2D eigenvalue weighted by Crippen LogP contribution is -2.43. The molecule has 2 rings (SSSR count). The average Bonchev–Trinajstić information content (AvgIpc) is 2.82. The number of aryl methyl sites for hydroxylation is 1. The molecule has 0 aliphatic rings. The number of halogens is 2. The van der Waals surface area contributed by atoms with Crippen LogP contribution in [0.1, 0.15) is 73.7 Å². The number of amides is 2. The number of hydrogen-bond acceptors (Lipinski definition) is 5. The second-order valence-electron chi connectivity index (χ2n) is 9.84. The molecule has 7 nitrogen and oxygen atoms in total.